The summed E-state index contributed by atoms with van der Waals surface area (Å²) < 4.78 is 1.42. The molecule has 82 valence electrons. The van der Waals surface area contributed by atoms with Crippen LogP contribution in [0.2, 0.25) is 0 Å². The van der Waals surface area contributed by atoms with E-state index in [1.54, 1.807) is 6.07 Å². The normalized spacial score (nSPS) is 10.6. The second-order valence-corrected chi connectivity index (χ2v) is 3.79. The molecule has 3 nitrogen and oxygen atoms in total. The van der Waals surface area contributed by atoms with E-state index in [4.69, 9.17) is 0 Å². The van der Waals surface area contributed by atoms with E-state index in [9.17, 15) is 4.79 Å². The first-order valence-corrected chi connectivity index (χ1v) is 5.39. The molecule has 3 heteroatoms. The fourth-order valence-corrected chi connectivity index (χ4v) is 1.81. The lowest BCUT2D eigenvalue weighted by atomic mass is 10.2. The number of hydrogen-bond donors (Lipinski definition) is 0. The van der Waals surface area contributed by atoms with Gasteiger partial charge in [0.1, 0.15) is 0 Å². The fourth-order valence-electron chi connectivity index (χ4n) is 1.81. The van der Waals surface area contributed by atoms with Gasteiger partial charge >= 0.3 is 0 Å². The molecule has 2 aromatic carbocycles. The van der Waals surface area contributed by atoms with Crippen molar-refractivity contribution in [1.82, 2.24) is 9.78 Å². The maximum atomic E-state index is 11.9. The highest BCUT2D eigenvalue weighted by molar-refractivity contribution is 5.77. The zero-order valence-corrected chi connectivity index (χ0v) is 9.08. The minimum absolute atomic E-state index is 0.116. The third-order valence-corrected chi connectivity index (χ3v) is 2.63. The molecule has 0 saturated heterocycles. The molecule has 0 fully saturated rings. The molecular weight excluding hydrogens is 212 g/mol. The van der Waals surface area contributed by atoms with Crippen LogP contribution >= 0.6 is 0 Å². The van der Waals surface area contributed by atoms with E-state index in [0.29, 0.717) is 0 Å². The van der Waals surface area contributed by atoms with Gasteiger partial charge in [-0.1, -0.05) is 36.4 Å². The minimum atomic E-state index is -0.116. The molecular formula is C14H10N2O. The Bertz CT molecular complexity index is 717. The molecule has 0 aliphatic carbocycles. The first kappa shape index (κ1) is 9.78. The number of rotatable bonds is 1. The third kappa shape index (κ3) is 1.72. The summed E-state index contributed by atoms with van der Waals surface area (Å²) in [6.45, 7) is 0. The molecule has 0 spiro atoms. The standard InChI is InChI=1S/C14H10N2O/c17-14-10-11-6-4-5-9-13(11)15-16(14)12-7-2-1-3-8-12/h1-10H. The molecule has 0 atom stereocenters. The van der Waals surface area contributed by atoms with Gasteiger partial charge in [0.25, 0.3) is 5.56 Å². The Balaban J connectivity index is 2.31. The van der Waals surface area contributed by atoms with Gasteiger partial charge < -0.3 is 0 Å². The van der Waals surface area contributed by atoms with E-state index in [-0.39, 0.29) is 5.56 Å². The van der Waals surface area contributed by atoms with Gasteiger partial charge in [0.2, 0.25) is 0 Å². The first-order chi connectivity index (χ1) is 8.34. The quantitative estimate of drug-likeness (QED) is 0.633. The first-order valence-electron chi connectivity index (χ1n) is 5.39. The van der Waals surface area contributed by atoms with E-state index >= 15 is 0 Å². The molecule has 17 heavy (non-hydrogen) atoms. The van der Waals surface area contributed by atoms with E-state index in [0.717, 1.165) is 16.6 Å². The molecule has 3 aromatic rings. The average Bonchev–Trinajstić information content (AvgIpc) is 2.39. The molecule has 1 aromatic heterocycles. The van der Waals surface area contributed by atoms with Crippen LogP contribution in [0, 0.1) is 0 Å². The molecule has 1 heterocycles. The summed E-state index contributed by atoms with van der Waals surface area (Å²) >= 11 is 0. The Labute approximate surface area is 97.9 Å². The smallest absolute Gasteiger partial charge is 0.267 e. The van der Waals surface area contributed by atoms with Crippen LogP contribution in [0.25, 0.3) is 16.6 Å². The molecule has 0 aliphatic heterocycles. The van der Waals surface area contributed by atoms with Crippen LogP contribution in [0.3, 0.4) is 0 Å². The highest BCUT2D eigenvalue weighted by Crippen LogP contribution is 2.09. The predicted molar refractivity (Wildman–Crippen MR) is 67.3 cm³/mol. The van der Waals surface area contributed by atoms with Gasteiger partial charge in [-0.05, 0) is 18.2 Å². The number of aromatic nitrogens is 2. The van der Waals surface area contributed by atoms with Crippen LogP contribution in [0.5, 0.6) is 0 Å². The Morgan fingerprint density at radius 1 is 0.882 bits per heavy atom. The van der Waals surface area contributed by atoms with Gasteiger partial charge in [0.15, 0.2) is 0 Å². The summed E-state index contributed by atoms with van der Waals surface area (Å²) in [5, 5.41) is 5.21. The number of para-hydroxylation sites is 1. The number of nitrogens with zero attached hydrogens (tertiary/aromatic N) is 2. The van der Waals surface area contributed by atoms with E-state index in [1.807, 2.05) is 54.6 Å². The van der Waals surface area contributed by atoms with Gasteiger partial charge in [0, 0.05) is 11.5 Å². The van der Waals surface area contributed by atoms with Crippen molar-refractivity contribution >= 4 is 10.9 Å². The van der Waals surface area contributed by atoms with Gasteiger partial charge in [-0.25, -0.2) is 0 Å². The van der Waals surface area contributed by atoms with Gasteiger partial charge in [-0.3, -0.25) is 4.79 Å². The van der Waals surface area contributed by atoms with Gasteiger partial charge in [0.05, 0.1) is 11.2 Å². The molecule has 0 bridgehead atoms. The predicted octanol–water partition coefficient (Wildman–Crippen LogP) is 2.39. The average molecular weight is 222 g/mol. The van der Waals surface area contributed by atoms with Crippen molar-refractivity contribution in [3.63, 3.8) is 0 Å². The van der Waals surface area contributed by atoms with E-state index < -0.39 is 0 Å². The Morgan fingerprint density at radius 3 is 2.41 bits per heavy atom. The molecule has 0 saturated carbocycles. The molecule has 0 unspecified atom stereocenters. The van der Waals surface area contributed by atoms with E-state index in [2.05, 4.69) is 5.10 Å². The Hall–Kier alpha value is -2.42. The molecule has 3 rings (SSSR count). The Kier molecular flexibility index (Phi) is 2.22. The van der Waals surface area contributed by atoms with Crippen molar-refractivity contribution in [2.24, 2.45) is 0 Å². The van der Waals surface area contributed by atoms with Gasteiger partial charge in [-0.2, -0.15) is 9.78 Å². The summed E-state index contributed by atoms with van der Waals surface area (Å²) in [5.41, 5.74) is 1.48. The minimum Gasteiger partial charge on any atom is -0.267 e. The number of benzene rings is 2. The third-order valence-electron chi connectivity index (χ3n) is 2.63. The van der Waals surface area contributed by atoms with Crippen molar-refractivity contribution in [2.45, 2.75) is 0 Å². The van der Waals surface area contributed by atoms with Crippen LogP contribution in [0.15, 0.2) is 65.5 Å². The molecule has 0 amide bonds. The number of fused-ring (bicyclic) bond motifs is 1. The summed E-state index contributed by atoms with van der Waals surface area (Å²) in [6.07, 6.45) is 0. The lowest BCUT2D eigenvalue weighted by Gasteiger charge is -2.05. The van der Waals surface area contributed by atoms with Crippen molar-refractivity contribution in [3.8, 4) is 5.69 Å². The highest BCUT2D eigenvalue weighted by Gasteiger charge is 2.02. The largest absolute Gasteiger partial charge is 0.272 e. The molecule has 0 radical (unpaired) electrons. The second-order valence-electron chi connectivity index (χ2n) is 3.79. The molecule has 0 aliphatic rings. The molecule has 0 N–H and O–H groups in total. The zero-order valence-electron chi connectivity index (χ0n) is 9.08. The summed E-state index contributed by atoms with van der Waals surface area (Å²) in [5.74, 6) is 0. The Morgan fingerprint density at radius 2 is 1.59 bits per heavy atom. The monoisotopic (exact) mass is 222 g/mol. The van der Waals surface area contributed by atoms with E-state index in [1.165, 1.54) is 4.68 Å². The van der Waals surface area contributed by atoms with Crippen molar-refractivity contribution in [1.29, 1.82) is 0 Å². The van der Waals surface area contributed by atoms with Crippen LogP contribution < -0.4 is 5.56 Å². The zero-order chi connectivity index (χ0) is 11.7. The van der Waals surface area contributed by atoms with Crippen molar-refractivity contribution in [3.05, 3.63) is 71.0 Å². The summed E-state index contributed by atoms with van der Waals surface area (Å²) in [7, 11) is 0. The SMILES string of the molecule is O=c1cc2ccccc2nn1-c1ccccc1. The van der Waals surface area contributed by atoms with Crippen LogP contribution in [-0.4, -0.2) is 9.78 Å². The lowest BCUT2D eigenvalue weighted by Crippen LogP contribution is -2.19. The van der Waals surface area contributed by atoms with Crippen molar-refractivity contribution < 1.29 is 0 Å². The van der Waals surface area contributed by atoms with Gasteiger partial charge in [-0.15, -0.1) is 0 Å². The topological polar surface area (TPSA) is 34.9 Å². The van der Waals surface area contributed by atoms with Crippen molar-refractivity contribution in [2.75, 3.05) is 0 Å². The highest BCUT2D eigenvalue weighted by atomic mass is 16.1. The maximum absolute atomic E-state index is 11.9. The van der Waals surface area contributed by atoms with Crippen LogP contribution in [-0.2, 0) is 0 Å². The second kappa shape index (κ2) is 3.87. The summed E-state index contributed by atoms with van der Waals surface area (Å²) in [6, 6.07) is 18.6. The maximum Gasteiger partial charge on any atom is 0.272 e. The number of hydrogen-bond acceptors (Lipinski definition) is 2. The lowest BCUT2D eigenvalue weighted by molar-refractivity contribution is 0.832. The van der Waals surface area contributed by atoms with Crippen LogP contribution in [0.1, 0.15) is 0 Å². The fraction of sp³-hybridized carbons (Fsp3) is 0. The van der Waals surface area contributed by atoms with Crippen LogP contribution in [0.4, 0.5) is 0 Å². The summed E-state index contributed by atoms with van der Waals surface area (Å²) in [4.78, 5) is 11.9.